The second-order valence-electron chi connectivity index (χ2n) is 6.94. The van der Waals surface area contributed by atoms with Gasteiger partial charge in [-0.15, -0.1) is 0 Å². The minimum Gasteiger partial charge on any atom is -0.507 e. The molecule has 1 N–H and O–H groups in total. The molecule has 156 valence electrons. The van der Waals surface area contributed by atoms with E-state index in [-0.39, 0.29) is 21.9 Å². The monoisotopic (exact) mass is 472 g/mol. The van der Waals surface area contributed by atoms with Crippen LogP contribution in [-0.2, 0) is 9.59 Å². The van der Waals surface area contributed by atoms with Crippen LogP contribution in [0.15, 0.2) is 66.4 Å². The maximum Gasteiger partial charge on any atom is 0.300 e. The van der Waals surface area contributed by atoms with E-state index in [4.69, 9.17) is 34.8 Å². The van der Waals surface area contributed by atoms with E-state index in [9.17, 15) is 14.7 Å². The average molecular weight is 474 g/mol. The molecule has 1 aromatic heterocycles. The largest absolute Gasteiger partial charge is 0.507 e. The highest BCUT2D eigenvalue weighted by molar-refractivity contribution is 6.52. The lowest BCUT2D eigenvalue weighted by Gasteiger charge is -2.26. The van der Waals surface area contributed by atoms with Crippen LogP contribution in [0.4, 0.5) is 5.69 Å². The van der Waals surface area contributed by atoms with Crippen molar-refractivity contribution in [2.24, 2.45) is 0 Å². The number of aliphatic hydroxyl groups excluding tert-OH is 1. The third-order valence-corrected chi connectivity index (χ3v) is 6.25. The fourth-order valence-electron chi connectivity index (χ4n) is 3.55. The first-order chi connectivity index (χ1) is 14.8. The van der Waals surface area contributed by atoms with Crippen LogP contribution >= 0.6 is 34.8 Å². The summed E-state index contributed by atoms with van der Waals surface area (Å²) in [5, 5.41) is 12.0. The zero-order chi connectivity index (χ0) is 22.3. The van der Waals surface area contributed by atoms with Crippen LogP contribution < -0.4 is 4.90 Å². The van der Waals surface area contributed by atoms with Crippen LogP contribution in [0.3, 0.4) is 0 Å². The Balaban J connectivity index is 1.98. The van der Waals surface area contributed by atoms with Gasteiger partial charge in [0.05, 0.1) is 21.3 Å². The van der Waals surface area contributed by atoms with E-state index in [0.29, 0.717) is 27.0 Å². The maximum absolute atomic E-state index is 13.1. The summed E-state index contributed by atoms with van der Waals surface area (Å²) in [5.74, 6) is -1.99. The van der Waals surface area contributed by atoms with Gasteiger partial charge in [0, 0.05) is 22.5 Å². The van der Waals surface area contributed by atoms with Gasteiger partial charge < -0.3 is 5.11 Å². The van der Waals surface area contributed by atoms with Gasteiger partial charge in [0.15, 0.2) is 0 Å². The molecule has 1 fully saturated rings. The molecular weight excluding hydrogens is 459 g/mol. The van der Waals surface area contributed by atoms with Gasteiger partial charge in [0.2, 0.25) is 0 Å². The van der Waals surface area contributed by atoms with Gasteiger partial charge in [0.25, 0.3) is 11.7 Å². The molecule has 31 heavy (non-hydrogen) atoms. The predicted molar refractivity (Wildman–Crippen MR) is 122 cm³/mol. The van der Waals surface area contributed by atoms with E-state index in [2.05, 4.69) is 4.98 Å². The van der Waals surface area contributed by atoms with Crippen LogP contribution in [-0.4, -0.2) is 21.8 Å². The van der Waals surface area contributed by atoms with Crippen LogP contribution in [0.25, 0.3) is 5.76 Å². The number of nitrogens with zero attached hydrogens (tertiary/aromatic N) is 2. The summed E-state index contributed by atoms with van der Waals surface area (Å²) in [6, 6.07) is 13.8. The quantitative estimate of drug-likeness (QED) is 0.289. The van der Waals surface area contributed by atoms with E-state index in [1.807, 2.05) is 0 Å². The molecule has 1 unspecified atom stereocenters. The molecule has 3 aromatic rings. The predicted octanol–water partition coefficient (Wildman–Crippen LogP) is 5.98. The van der Waals surface area contributed by atoms with Gasteiger partial charge in [-0.3, -0.25) is 19.5 Å². The number of carbonyl (C=O) groups excluding carboxylic acids is 2. The van der Waals surface area contributed by atoms with Crippen molar-refractivity contribution < 1.29 is 14.7 Å². The Labute approximate surface area is 193 Å². The molecule has 0 aliphatic carbocycles. The molecular formula is C23H15Cl3N2O3. The smallest absolute Gasteiger partial charge is 0.300 e. The summed E-state index contributed by atoms with van der Waals surface area (Å²) in [4.78, 5) is 31.9. The van der Waals surface area contributed by atoms with E-state index < -0.39 is 17.7 Å². The fraction of sp³-hybridized carbons (Fsp3) is 0.0870. The van der Waals surface area contributed by atoms with Gasteiger partial charge >= 0.3 is 0 Å². The van der Waals surface area contributed by atoms with Crippen LogP contribution in [0.2, 0.25) is 15.1 Å². The SMILES string of the molecule is Cc1c(Cl)cccc1N1C(=O)C(=O)/C(=C(/O)c2ccc(Cl)c(Cl)c2)C1c1ccccn1. The highest BCUT2D eigenvalue weighted by atomic mass is 35.5. The molecule has 0 saturated carbocycles. The molecule has 1 atom stereocenters. The summed E-state index contributed by atoms with van der Waals surface area (Å²) in [5.41, 5.74) is 1.67. The molecule has 1 aliphatic heterocycles. The molecule has 1 aliphatic rings. The Morgan fingerprint density at radius 3 is 2.42 bits per heavy atom. The number of amides is 1. The Morgan fingerprint density at radius 2 is 1.74 bits per heavy atom. The van der Waals surface area contributed by atoms with Crippen LogP contribution in [0.5, 0.6) is 0 Å². The summed E-state index contributed by atoms with van der Waals surface area (Å²) in [6.07, 6.45) is 1.56. The molecule has 1 amide bonds. The topological polar surface area (TPSA) is 70.5 Å². The van der Waals surface area contributed by atoms with Crippen molar-refractivity contribution >= 4 is 57.9 Å². The van der Waals surface area contributed by atoms with Crippen molar-refractivity contribution in [1.82, 2.24) is 4.98 Å². The summed E-state index contributed by atoms with van der Waals surface area (Å²) < 4.78 is 0. The number of hydrogen-bond acceptors (Lipinski definition) is 4. The second-order valence-corrected chi connectivity index (χ2v) is 8.16. The molecule has 1 saturated heterocycles. The number of anilines is 1. The number of hydrogen-bond donors (Lipinski definition) is 1. The summed E-state index contributed by atoms with van der Waals surface area (Å²) in [7, 11) is 0. The molecule has 0 bridgehead atoms. The number of aliphatic hydroxyl groups is 1. The number of rotatable bonds is 3. The molecule has 5 nitrogen and oxygen atoms in total. The lowest BCUT2D eigenvalue weighted by molar-refractivity contribution is -0.132. The van der Waals surface area contributed by atoms with Crippen molar-refractivity contribution in [1.29, 1.82) is 0 Å². The standard InChI is InChI=1S/C23H15Cl3N2O3/c1-12-14(24)5-4-7-18(12)28-20(17-6-2-3-10-27-17)19(22(30)23(28)31)21(29)13-8-9-15(25)16(26)11-13/h2-11,20,29H,1H3/b21-19+. The normalized spacial score (nSPS) is 17.9. The number of aromatic nitrogens is 1. The Hall–Kier alpha value is -2.86. The van der Waals surface area contributed by atoms with Crippen molar-refractivity contribution in [2.45, 2.75) is 13.0 Å². The summed E-state index contributed by atoms with van der Waals surface area (Å²) in [6.45, 7) is 1.76. The lowest BCUT2D eigenvalue weighted by Crippen LogP contribution is -2.30. The minimum atomic E-state index is -0.951. The van der Waals surface area contributed by atoms with Crippen molar-refractivity contribution in [3.8, 4) is 0 Å². The van der Waals surface area contributed by atoms with E-state index in [1.54, 1.807) is 49.5 Å². The summed E-state index contributed by atoms with van der Waals surface area (Å²) >= 11 is 18.3. The van der Waals surface area contributed by atoms with E-state index in [1.165, 1.54) is 23.1 Å². The van der Waals surface area contributed by atoms with E-state index >= 15 is 0 Å². The van der Waals surface area contributed by atoms with Crippen molar-refractivity contribution in [3.63, 3.8) is 0 Å². The first-order valence-electron chi connectivity index (χ1n) is 9.23. The third-order valence-electron chi connectivity index (χ3n) is 5.10. The molecule has 2 aromatic carbocycles. The first kappa shape index (κ1) is 21.4. The molecule has 4 rings (SSSR count). The van der Waals surface area contributed by atoms with Gasteiger partial charge in [-0.05, 0) is 55.0 Å². The van der Waals surface area contributed by atoms with Crippen LogP contribution in [0, 0.1) is 6.92 Å². The third kappa shape index (κ3) is 3.69. The van der Waals surface area contributed by atoms with Gasteiger partial charge in [-0.25, -0.2) is 0 Å². The molecule has 2 heterocycles. The van der Waals surface area contributed by atoms with Gasteiger partial charge in [0.1, 0.15) is 11.8 Å². The maximum atomic E-state index is 13.1. The number of halogens is 3. The molecule has 0 radical (unpaired) electrons. The Kier molecular flexibility index (Phi) is 5.75. The Bertz CT molecular complexity index is 1240. The average Bonchev–Trinajstić information content (AvgIpc) is 3.03. The highest BCUT2D eigenvalue weighted by Crippen LogP contribution is 2.43. The Morgan fingerprint density at radius 1 is 0.968 bits per heavy atom. The van der Waals surface area contributed by atoms with E-state index in [0.717, 1.165) is 0 Å². The molecule has 8 heteroatoms. The minimum absolute atomic E-state index is 0.0959. The number of carbonyl (C=O) groups is 2. The number of ketones is 1. The number of Topliss-reactive ketones (excluding diaryl/α,β-unsaturated/α-hetero) is 1. The van der Waals surface area contributed by atoms with Crippen molar-refractivity contribution in [3.05, 3.63) is 98.3 Å². The fourth-order valence-corrected chi connectivity index (χ4v) is 4.02. The van der Waals surface area contributed by atoms with Gasteiger partial charge in [-0.2, -0.15) is 0 Å². The second kappa shape index (κ2) is 8.35. The van der Waals surface area contributed by atoms with Gasteiger partial charge in [-0.1, -0.05) is 46.9 Å². The molecule has 0 spiro atoms. The lowest BCUT2D eigenvalue weighted by atomic mass is 9.98. The first-order valence-corrected chi connectivity index (χ1v) is 10.4. The number of pyridine rings is 1. The zero-order valence-corrected chi connectivity index (χ0v) is 18.4. The number of benzene rings is 2. The van der Waals surface area contributed by atoms with Crippen molar-refractivity contribution in [2.75, 3.05) is 4.90 Å². The highest BCUT2D eigenvalue weighted by Gasteiger charge is 2.48. The van der Waals surface area contributed by atoms with Crippen LogP contribution in [0.1, 0.15) is 22.9 Å². The zero-order valence-electron chi connectivity index (χ0n) is 16.1.